The molecule has 106 valence electrons. The molecule has 0 bridgehead atoms. The Morgan fingerprint density at radius 1 is 1.26 bits per heavy atom. The van der Waals surface area contributed by atoms with Crippen molar-refractivity contribution in [2.75, 3.05) is 24.2 Å². The SMILES string of the molecule is Nc1nc(NCCCCCO)cc(C2CC(N)C2)n1. The van der Waals surface area contributed by atoms with E-state index in [2.05, 4.69) is 15.3 Å². The average molecular weight is 265 g/mol. The number of anilines is 2. The third kappa shape index (κ3) is 4.04. The van der Waals surface area contributed by atoms with Crippen LogP contribution in [0.5, 0.6) is 0 Å². The van der Waals surface area contributed by atoms with Gasteiger partial charge in [0.05, 0.1) is 5.69 Å². The van der Waals surface area contributed by atoms with Crippen LogP contribution in [0, 0.1) is 0 Å². The summed E-state index contributed by atoms with van der Waals surface area (Å²) in [6, 6.07) is 2.27. The molecule has 1 saturated carbocycles. The zero-order chi connectivity index (χ0) is 13.7. The van der Waals surface area contributed by atoms with Crippen LogP contribution in [0.2, 0.25) is 0 Å². The van der Waals surface area contributed by atoms with E-state index in [9.17, 15) is 0 Å². The predicted octanol–water partition coefficient (Wildman–Crippen LogP) is 0.838. The van der Waals surface area contributed by atoms with Gasteiger partial charge in [0.2, 0.25) is 5.95 Å². The molecule has 1 aromatic heterocycles. The second-order valence-electron chi connectivity index (χ2n) is 5.18. The van der Waals surface area contributed by atoms with E-state index >= 15 is 0 Å². The van der Waals surface area contributed by atoms with Crippen LogP contribution in [-0.2, 0) is 0 Å². The number of nitrogens with two attached hydrogens (primary N) is 2. The molecule has 19 heavy (non-hydrogen) atoms. The third-order valence-electron chi connectivity index (χ3n) is 3.50. The number of unbranched alkanes of at least 4 members (excludes halogenated alkanes) is 2. The van der Waals surface area contributed by atoms with Gasteiger partial charge in [0, 0.05) is 31.2 Å². The fraction of sp³-hybridized carbons (Fsp3) is 0.692. The van der Waals surface area contributed by atoms with E-state index in [1.54, 1.807) is 0 Å². The number of nitrogens with one attached hydrogen (secondary N) is 1. The molecule has 1 aromatic rings. The molecule has 6 heteroatoms. The Hall–Kier alpha value is -1.40. The van der Waals surface area contributed by atoms with Crippen LogP contribution in [0.3, 0.4) is 0 Å². The highest BCUT2D eigenvalue weighted by Gasteiger charge is 2.28. The fourth-order valence-electron chi connectivity index (χ4n) is 2.32. The highest BCUT2D eigenvalue weighted by molar-refractivity contribution is 5.41. The standard InChI is InChI=1S/C13H23N5O/c14-10-6-9(7-10)11-8-12(18-13(15)17-11)16-4-2-1-3-5-19/h8-10,19H,1-7,14H2,(H3,15,16,17,18). The summed E-state index contributed by atoms with van der Waals surface area (Å²) in [6.07, 6.45) is 4.82. The molecule has 0 aliphatic heterocycles. The molecular formula is C13H23N5O. The van der Waals surface area contributed by atoms with E-state index < -0.39 is 0 Å². The van der Waals surface area contributed by atoms with Crippen LogP contribution in [-0.4, -0.2) is 34.3 Å². The fourth-order valence-corrected chi connectivity index (χ4v) is 2.32. The Kier molecular flexibility index (Phi) is 4.93. The van der Waals surface area contributed by atoms with Gasteiger partial charge in [-0.25, -0.2) is 4.98 Å². The average Bonchev–Trinajstić information content (AvgIpc) is 2.34. The first-order chi connectivity index (χ1) is 9.19. The number of hydrogen-bond acceptors (Lipinski definition) is 6. The molecule has 0 radical (unpaired) electrons. The summed E-state index contributed by atoms with van der Waals surface area (Å²) in [4.78, 5) is 8.47. The summed E-state index contributed by atoms with van der Waals surface area (Å²) in [5, 5.41) is 12.0. The van der Waals surface area contributed by atoms with Gasteiger partial charge in [-0.15, -0.1) is 0 Å². The molecule has 0 unspecified atom stereocenters. The second-order valence-corrected chi connectivity index (χ2v) is 5.18. The number of nitrogen functional groups attached to an aromatic ring is 1. The Balaban J connectivity index is 1.86. The molecule has 0 atom stereocenters. The highest BCUT2D eigenvalue weighted by atomic mass is 16.2. The van der Waals surface area contributed by atoms with Crippen LogP contribution in [0.1, 0.15) is 43.7 Å². The molecule has 0 amide bonds. The summed E-state index contributed by atoms with van der Waals surface area (Å²) in [5.41, 5.74) is 12.5. The van der Waals surface area contributed by atoms with Crippen molar-refractivity contribution in [3.05, 3.63) is 11.8 Å². The smallest absolute Gasteiger partial charge is 0.222 e. The molecule has 0 spiro atoms. The van der Waals surface area contributed by atoms with Gasteiger partial charge in [0.25, 0.3) is 0 Å². The number of nitrogens with zero attached hydrogens (tertiary/aromatic N) is 2. The first kappa shape index (κ1) is 14.0. The van der Waals surface area contributed by atoms with E-state index in [0.29, 0.717) is 17.9 Å². The van der Waals surface area contributed by atoms with E-state index in [-0.39, 0.29) is 6.61 Å². The topological polar surface area (TPSA) is 110 Å². The van der Waals surface area contributed by atoms with Gasteiger partial charge < -0.3 is 21.9 Å². The minimum atomic E-state index is 0.256. The predicted molar refractivity (Wildman–Crippen MR) is 75.8 cm³/mol. The lowest BCUT2D eigenvalue weighted by Crippen LogP contribution is -2.35. The lowest BCUT2D eigenvalue weighted by Gasteiger charge is -2.32. The third-order valence-corrected chi connectivity index (χ3v) is 3.50. The summed E-state index contributed by atoms with van der Waals surface area (Å²) in [7, 11) is 0. The van der Waals surface area contributed by atoms with E-state index in [0.717, 1.165) is 50.2 Å². The van der Waals surface area contributed by atoms with Crippen molar-refractivity contribution < 1.29 is 5.11 Å². The van der Waals surface area contributed by atoms with Gasteiger partial charge in [-0.05, 0) is 32.1 Å². The Morgan fingerprint density at radius 2 is 2.05 bits per heavy atom. The Bertz CT molecular complexity index is 406. The molecule has 6 nitrogen and oxygen atoms in total. The van der Waals surface area contributed by atoms with Gasteiger partial charge in [-0.2, -0.15) is 4.98 Å². The maximum absolute atomic E-state index is 8.70. The van der Waals surface area contributed by atoms with Crippen LogP contribution in [0.15, 0.2) is 6.07 Å². The van der Waals surface area contributed by atoms with Crippen molar-refractivity contribution >= 4 is 11.8 Å². The summed E-state index contributed by atoms with van der Waals surface area (Å²) in [5.74, 6) is 1.53. The van der Waals surface area contributed by atoms with Crippen LogP contribution >= 0.6 is 0 Å². The number of hydrogen-bond donors (Lipinski definition) is 4. The molecule has 1 fully saturated rings. The highest BCUT2D eigenvalue weighted by Crippen LogP contribution is 2.35. The minimum absolute atomic E-state index is 0.256. The first-order valence-corrected chi connectivity index (χ1v) is 6.94. The summed E-state index contributed by atoms with van der Waals surface area (Å²) >= 11 is 0. The van der Waals surface area contributed by atoms with E-state index in [1.807, 2.05) is 6.07 Å². The first-order valence-electron chi connectivity index (χ1n) is 6.94. The maximum atomic E-state index is 8.70. The molecule has 0 saturated heterocycles. The number of rotatable bonds is 7. The molecule has 6 N–H and O–H groups in total. The zero-order valence-corrected chi connectivity index (χ0v) is 11.2. The Labute approximate surface area is 113 Å². The van der Waals surface area contributed by atoms with Gasteiger partial charge in [-0.1, -0.05) is 0 Å². The lowest BCUT2D eigenvalue weighted by molar-refractivity contribution is 0.283. The molecule has 2 rings (SSSR count). The zero-order valence-electron chi connectivity index (χ0n) is 11.2. The molecule has 0 aromatic carbocycles. The molecule has 1 aliphatic carbocycles. The molecular weight excluding hydrogens is 242 g/mol. The van der Waals surface area contributed by atoms with E-state index in [1.165, 1.54) is 0 Å². The maximum Gasteiger partial charge on any atom is 0.222 e. The molecule has 1 heterocycles. The van der Waals surface area contributed by atoms with Gasteiger partial charge in [0.1, 0.15) is 5.82 Å². The van der Waals surface area contributed by atoms with Gasteiger partial charge in [-0.3, -0.25) is 0 Å². The van der Waals surface area contributed by atoms with Crippen molar-refractivity contribution in [1.29, 1.82) is 0 Å². The lowest BCUT2D eigenvalue weighted by atomic mass is 9.78. The normalized spacial score (nSPS) is 22.0. The summed E-state index contributed by atoms with van der Waals surface area (Å²) < 4.78 is 0. The van der Waals surface area contributed by atoms with Gasteiger partial charge in [0.15, 0.2) is 0 Å². The van der Waals surface area contributed by atoms with Gasteiger partial charge >= 0.3 is 0 Å². The van der Waals surface area contributed by atoms with Crippen molar-refractivity contribution in [3.8, 4) is 0 Å². The number of aliphatic hydroxyl groups excluding tert-OH is 1. The monoisotopic (exact) mass is 265 g/mol. The quantitative estimate of drug-likeness (QED) is 0.544. The van der Waals surface area contributed by atoms with Crippen LogP contribution < -0.4 is 16.8 Å². The van der Waals surface area contributed by atoms with Crippen LogP contribution in [0.25, 0.3) is 0 Å². The molecule has 1 aliphatic rings. The van der Waals surface area contributed by atoms with Crippen LogP contribution in [0.4, 0.5) is 11.8 Å². The van der Waals surface area contributed by atoms with Crippen molar-refractivity contribution in [2.24, 2.45) is 5.73 Å². The minimum Gasteiger partial charge on any atom is -0.396 e. The Morgan fingerprint density at radius 3 is 2.74 bits per heavy atom. The number of aromatic nitrogens is 2. The van der Waals surface area contributed by atoms with Crippen molar-refractivity contribution in [1.82, 2.24) is 9.97 Å². The number of aliphatic hydroxyl groups is 1. The largest absolute Gasteiger partial charge is 0.396 e. The van der Waals surface area contributed by atoms with Crippen molar-refractivity contribution in [3.63, 3.8) is 0 Å². The second kappa shape index (κ2) is 6.68. The van der Waals surface area contributed by atoms with E-state index in [4.69, 9.17) is 16.6 Å². The van der Waals surface area contributed by atoms with Crippen molar-refractivity contribution in [2.45, 2.75) is 44.1 Å². The summed E-state index contributed by atoms with van der Waals surface area (Å²) in [6.45, 7) is 1.09.